The standard InChI is InChI=1S/C12H17ClN2O2S/c1-9-7-11(13)3-4-12(9)18(16,17)15-6-5-14-10(2)8-15/h3-4,7,10,14H,5-6,8H2,1-2H3/t10-/m0/s1. The zero-order valence-corrected chi connectivity index (χ0v) is 12.1. The summed E-state index contributed by atoms with van der Waals surface area (Å²) in [4.78, 5) is 0.348. The van der Waals surface area contributed by atoms with Crippen LogP contribution in [0, 0.1) is 6.92 Å². The van der Waals surface area contributed by atoms with Gasteiger partial charge in [0.05, 0.1) is 4.90 Å². The molecule has 1 atom stereocenters. The van der Waals surface area contributed by atoms with Gasteiger partial charge < -0.3 is 5.32 Å². The van der Waals surface area contributed by atoms with Crippen LogP contribution in [-0.4, -0.2) is 38.4 Å². The van der Waals surface area contributed by atoms with E-state index in [1.165, 1.54) is 4.31 Å². The second-order valence-corrected chi connectivity index (χ2v) is 6.97. The summed E-state index contributed by atoms with van der Waals surface area (Å²) in [6.07, 6.45) is 0. The van der Waals surface area contributed by atoms with Gasteiger partial charge in [-0.25, -0.2) is 8.42 Å². The molecule has 18 heavy (non-hydrogen) atoms. The van der Waals surface area contributed by atoms with Crippen LogP contribution in [0.25, 0.3) is 0 Å². The molecule has 0 amide bonds. The number of nitrogens with zero attached hydrogens (tertiary/aromatic N) is 1. The number of sulfonamides is 1. The average Bonchev–Trinajstić information content (AvgIpc) is 2.28. The first-order valence-electron chi connectivity index (χ1n) is 5.91. The van der Waals surface area contributed by atoms with Crippen LogP contribution < -0.4 is 5.32 Å². The van der Waals surface area contributed by atoms with Crippen molar-refractivity contribution in [2.24, 2.45) is 0 Å². The van der Waals surface area contributed by atoms with Crippen LogP contribution in [0.4, 0.5) is 0 Å². The molecular weight excluding hydrogens is 272 g/mol. The molecule has 0 radical (unpaired) electrons. The molecule has 4 nitrogen and oxygen atoms in total. The van der Waals surface area contributed by atoms with E-state index < -0.39 is 10.0 Å². The number of rotatable bonds is 2. The third-order valence-corrected chi connectivity index (χ3v) is 5.35. The average molecular weight is 289 g/mol. The zero-order valence-electron chi connectivity index (χ0n) is 10.5. The summed E-state index contributed by atoms with van der Waals surface area (Å²) in [7, 11) is -3.41. The van der Waals surface area contributed by atoms with E-state index in [0.717, 1.165) is 0 Å². The highest BCUT2D eigenvalue weighted by molar-refractivity contribution is 7.89. The van der Waals surface area contributed by atoms with Gasteiger partial charge >= 0.3 is 0 Å². The number of halogens is 1. The highest BCUT2D eigenvalue weighted by Gasteiger charge is 2.29. The molecule has 1 N–H and O–H groups in total. The summed E-state index contributed by atoms with van der Waals surface area (Å²) in [5, 5.41) is 3.79. The Kier molecular flexibility index (Phi) is 3.96. The molecule has 1 aliphatic rings. The van der Waals surface area contributed by atoms with Crippen LogP contribution >= 0.6 is 11.6 Å². The Morgan fingerprint density at radius 1 is 1.44 bits per heavy atom. The Hall–Kier alpha value is -0.620. The first-order chi connectivity index (χ1) is 8.41. The van der Waals surface area contributed by atoms with Gasteiger partial charge in [0.1, 0.15) is 0 Å². The lowest BCUT2D eigenvalue weighted by Gasteiger charge is -2.31. The SMILES string of the molecule is Cc1cc(Cl)ccc1S(=O)(=O)N1CCN[C@@H](C)C1. The molecule has 0 unspecified atom stereocenters. The van der Waals surface area contributed by atoms with Crippen LogP contribution in [0.5, 0.6) is 0 Å². The molecule has 1 aromatic carbocycles. The van der Waals surface area contributed by atoms with E-state index in [-0.39, 0.29) is 6.04 Å². The Bertz CT molecular complexity index is 545. The van der Waals surface area contributed by atoms with Crippen molar-refractivity contribution in [3.8, 4) is 0 Å². The van der Waals surface area contributed by atoms with Gasteiger partial charge in [-0.2, -0.15) is 4.31 Å². The van der Waals surface area contributed by atoms with Crippen molar-refractivity contribution < 1.29 is 8.42 Å². The van der Waals surface area contributed by atoms with Gasteiger partial charge in [0.15, 0.2) is 0 Å². The maximum absolute atomic E-state index is 12.5. The summed E-state index contributed by atoms with van der Waals surface area (Å²) in [5.41, 5.74) is 0.689. The van der Waals surface area contributed by atoms with Crippen molar-refractivity contribution in [1.82, 2.24) is 9.62 Å². The van der Waals surface area contributed by atoms with Crippen molar-refractivity contribution in [3.63, 3.8) is 0 Å². The van der Waals surface area contributed by atoms with E-state index in [0.29, 0.717) is 35.1 Å². The molecule has 2 rings (SSSR count). The minimum Gasteiger partial charge on any atom is -0.312 e. The van der Waals surface area contributed by atoms with Crippen LogP contribution in [-0.2, 0) is 10.0 Å². The monoisotopic (exact) mass is 288 g/mol. The molecule has 6 heteroatoms. The van der Waals surface area contributed by atoms with Crippen LogP contribution in [0.1, 0.15) is 12.5 Å². The maximum Gasteiger partial charge on any atom is 0.243 e. The lowest BCUT2D eigenvalue weighted by Crippen LogP contribution is -2.51. The minimum atomic E-state index is -3.41. The smallest absolute Gasteiger partial charge is 0.243 e. The lowest BCUT2D eigenvalue weighted by molar-refractivity contribution is 0.310. The van der Waals surface area contributed by atoms with Crippen molar-refractivity contribution in [1.29, 1.82) is 0 Å². The number of aryl methyl sites for hydroxylation is 1. The molecule has 1 saturated heterocycles. The summed E-state index contributed by atoms with van der Waals surface area (Å²) in [6, 6.07) is 5.06. The molecule has 1 fully saturated rings. The number of piperazine rings is 1. The van der Waals surface area contributed by atoms with Gasteiger partial charge in [-0.15, -0.1) is 0 Å². The second kappa shape index (κ2) is 5.17. The largest absolute Gasteiger partial charge is 0.312 e. The minimum absolute atomic E-state index is 0.182. The van der Waals surface area contributed by atoms with E-state index in [4.69, 9.17) is 11.6 Å². The van der Waals surface area contributed by atoms with Crippen LogP contribution in [0.3, 0.4) is 0 Å². The van der Waals surface area contributed by atoms with Crippen molar-refractivity contribution in [2.45, 2.75) is 24.8 Å². The van der Waals surface area contributed by atoms with Crippen molar-refractivity contribution >= 4 is 21.6 Å². The second-order valence-electron chi connectivity index (χ2n) is 4.63. The quantitative estimate of drug-likeness (QED) is 0.900. The van der Waals surface area contributed by atoms with Crippen molar-refractivity contribution in [2.75, 3.05) is 19.6 Å². The molecule has 100 valence electrons. The van der Waals surface area contributed by atoms with Gasteiger partial charge in [0.25, 0.3) is 0 Å². The first-order valence-corrected chi connectivity index (χ1v) is 7.73. The fourth-order valence-corrected chi connectivity index (χ4v) is 4.12. The van der Waals surface area contributed by atoms with E-state index in [1.54, 1.807) is 25.1 Å². The summed E-state index contributed by atoms with van der Waals surface area (Å²) < 4.78 is 26.6. The van der Waals surface area contributed by atoms with Gasteiger partial charge in [0.2, 0.25) is 10.0 Å². The number of nitrogens with one attached hydrogen (secondary N) is 1. The Labute approximate surface area is 113 Å². The molecule has 0 spiro atoms. The van der Waals surface area contributed by atoms with Gasteiger partial charge in [-0.1, -0.05) is 11.6 Å². The first kappa shape index (κ1) is 13.8. The van der Waals surface area contributed by atoms with E-state index in [9.17, 15) is 8.42 Å². The number of hydrogen-bond acceptors (Lipinski definition) is 3. The molecule has 0 aliphatic carbocycles. The number of hydrogen-bond donors (Lipinski definition) is 1. The van der Waals surface area contributed by atoms with Crippen LogP contribution in [0.2, 0.25) is 5.02 Å². The Morgan fingerprint density at radius 2 is 2.17 bits per heavy atom. The Balaban J connectivity index is 2.35. The maximum atomic E-state index is 12.5. The van der Waals surface area contributed by atoms with E-state index >= 15 is 0 Å². The molecule has 0 saturated carbocycles. The zero-order chi connectivity index (χ0) is 13.3. The predicted molar refractivity (Wildman–Crippen MR) is 72.4 cm³/mol. The molecule has 0 bridgehead atoms. The lowest BCUT2D eigenvalue weighted by atomic mass is 10.2. The van der Waals surface area contributed by atoms with Crippen molar-refractivity contribution in [3.05, 3.63) is 28.8 Å². The van der Waals surface area contributed by atoms with Gasteiger partial charge in [-0.05, 0) is 37.6 Å². The number of benzene rings is 1. The Morgan fingerprint density at radius 3 is 2.78 bits per heavy atom. The molecule has 1 aromatic rings. The van der Waals surface area contributed by atoms with E-state index in [2.05, 4.69) is 5.32 Å². The highest BCUT2D eigenvalue weighted by Crippen LogP contribution is 2.23. The molecule has 0 aromatic heterocycles. The fourth-order valence-electron chi connectivity index (χ4n) is 2.16. The molecule has 1 aliphatic heterocycles. The molecular formula is C12H17ClN2O2S. The normalized spacial score (nSPS) is 22.1. The summed E-state index contributed by atoms with van der Waals surface area (Å²) in [6.45, 7) is 5.45. The third kappa shape index (κ3) is 2.69. The topological polar surface area (TPSA) is 49.4 Å². The summed E-state index contributed by atoms with van der Waals surface area (Å²) >= 11 is 5.86. The third-order valence-electron chi connectivity index (χ3n) is 3.09. The molecule has 1 heterocycles. The fraction of sp³-hybridized carbons (Fsp3) is 0.500. The predicted octanol–water partition coefficient (Wildman–Crippen LogP) is 1.63. The van der Waals surface area contributed by atoms with Gasteiger partial charge in [-0.3, -0.25) is 0 Å². The van der Waals surface area contributed by atoms with E-state index in [1.807, 2.05) is 6.92 Å². The highest BCUT2D eigenvalue weighted by atomic mass is 35.5. The van der Waals surface area contributed by atoms with Crippen LogP contribution in [0.15, 0.2) is 23.1 Å². The summed E-state index contributed by atoms with van der Waals surface area (Å²) in [5.74, 6) is 0. The van der Waals surface area contributed by atoms with Gasteiger partial charge in [0, 0.05) is 30.7 Å².